The molecule has 2 N–H and O–H groups in total. The number of amides is 1. The molecule has 1 amide bonds. The van der Waals surface area contributed by atoms with E-state index in [1.807, 2.05) is 6.07 Å². The summed E-state index contributed by atoms with van der Waals surface area (Å²) in [7, 11) is 3.29. The first-order valence-electron chi connectivity index (χ1n) is 9.53. The van der Waals surface area contributed by atoms with Gasteiger partial charge in [-0.25, -0.2) is 14.2 Å². The van der Waals surface area contributed by atoms with E-state index in [1.165, 1.54) is 28.4 Å². The molecule has 0 unspecified atom stereocenters. The van der Waals surface area contributed by atoms with Crippen molar-refractivity contribution in [3.63, 3.8) is 0 Å². The van der Waals surface area contributed by atoms with Gasteiger partial charge in [-0.1, -0.05) is 30.3 Å². The molecular formula is C21H20ClN7O3. The van der Waals surface area contributed by atoms with Crippen molar-refractivity contribution in [1.29, 1.82) is 0 Å². The van der Waals surface area contributed by atoms with Crippen LogP contribution in [0.25, 0.3) is 5.65 Å². The topological polar surface area (TPSA) is 107 Å². The van der Waals surface area contributed by atoms with Gasteiger partial charge in [-0.2, -0.15) is 0 Å². The lowest BCUT2D eigenvalue weighted by Gasteiger charge is -2.13. The minimum absolute atomic E-state index is 0.188. The zero-order valence-corrected chi connectivity index (χ0v) is 18.1. The highest BCUT2D eigenvalue weighted by Crippen LogP contribution is 2.28. The number of ether oxygens (including phenoxy) is 1. The lowest BCUT2D eigenvalue weighted by Crippen LogP contribution is -2.27. The standard InChI is InChI=1S/C21H20ClN7O3/c1-4-18(30)24-14-7-5-6-13(8-14)10-28-12-15(19-23-9-17(22)29(19)21(28)31)25-16-11-27(2)26-20(16)32-3/h4-9,11-12,25H,1,10H2,2-3H3,(H,24,30). The predicted octanol–water partition coefficient (Wildman–Crippen LogP) is 2.81. The highest BCUT2D eigenvalue weighted by molar-refractivity contribution is 6.29. The van der Waals surface area contributed by atoms with Gasteiger partial charge in [0.1, 0.15) is 10.8 Å². The minimum atomic E-state index is -0.355. The van der Waals surface area contributed by atoms with E-state index < -0.39 is 0 Å². The number of carbonyl (C=O) groups is 1. The second-order valence-corrected chi connectivity index (χ2v) is 7.32. The van der Waals surface area contributed by atoms with Crippen molar-refractivity contribution < 1.29 is 9.53 Å². The molecule has 10 nitrogen and oxygen atoms in total. The third-order valence-corrected chi connectivity index (χ3v) is 4.94. The number of hydrogen-bond donors (Lipinski definition) is 2. The predicted molar refractivity (Wildman–Crippen MR) is 122 cm³/mol. The van der Waals surface area contributed by atoms with Gasteiger partial charge in [0.15, 0.2) is 5.65 Å². The van der Waals surface area contributed by atoms with Crippen LogP contribution < -0.4 is 21.1 Å². The number of nitrogens with zero attached hydrogens (tertiary/aromatic N) is 5. The number of benzene rings is 1. The number of halogens is 1. The number of aromatic nitrogens is 5. The van der Waals surface area contributed by atoms with Crippen molar-refractivity contribution in [3.05, 3.63) is 76.7 Å². The minimum Gasteiger partial charge on any atom is -0.478 e. The van der Waals surface area contributed by atoms with E-state index in [0.717, 1.165) is 5.56 Å². The van der Waals surface area contributed by atoms with Crippen molar-refractivity contribution in [1.82, 2.24) is 23.7 Å². The number of anilines is 3. The molecule has 32 heavy (non-hydrogen) atoms. The maximum atomic E-state index is 13.1. The third kappa shape index (κ3) is 4.08. The van der Waals surface area contributed by atoms with Gasteiger partial charge < -0.3 is 15.4 Å². The first-order valence-corrected chi connectivity index (χ1v) is 9.91. The van der Waals surface area contributed by atoms with Crippen LogP contribution in [-0.4, -0.2) is 36.7 Å². The van der Waals surface area contributed by atoms with Gasteiger partial charge in [0.05, 0.1) is 31.7 Å². The fourth-order valence-electron chi connectivity index (χ4n) is 3.29. The second-order valence-electron chi connectivity index (χ2n) is 6.94. The Kier molecular flexibility index (Phi) is 5.69. The summed E-state index contributed by atoms with van der Waals surface area (Å²) in [6.45, 7) is 3.68. The van der Waals surface area contributed by atoms with Gasteiger partial charge in [-0.15, -0.1) is 5.10 Å². The van der Waals surface area contributed by atoms with Crippen molar-refractivity contribution in [2.45, 2.75) is 6.54 Å². The Bertz CT molecular complexity index is 1390. The van der Waals surface area contributed by atoms with E-state index in [-0.39, 0.29) is 23.3 Å². The molecule has 0 aliphatic heterocycles. The first kappa shape index (κ1) is 21.2. The molecule has 11 heteroatoms. The zero-order chi connectivity index (χ0) is 22.8. The summed E-state index contributed by atoms with van der Waals surface area (Å²) in [6.07, 6.45) is 6.01. The molecule has 0 bridgehead atoms. The van der Waals surface area contributed by atoms with Gasteiger partial charge in [-0.3, -0.25) is 14.0 Å². The molecule has 0 radical (unpaired) electrons. The number of fused-ring (bicyclic) bond motifs is 1. The lowest BCUT2D eigenvalue weighted by molar-refractivity contribution is -0.111. The van der Waals surface area contributed by atoms with Crippen LogP contribution in [0.1, 0.15) is 5.56 Å². The molecule has 4 rings (SSSR count). The second kappa shape index (κ2) is 8.60. The molecule has 0 aliphatic rings. The summed E-state index contributed by atoms with van der Waals surface area (Å²) in [5.41, 5.74) is 2.56. The Balaban J connectivity index is 1.75. The van der Waals surface area contributed by atoms with Crippen molar-refractivity contribution >= 4 is 40.2 Å². The number of carbonyl (C=O) groups excluding carboxylic acids is 1. The number of nitrogens with one attached hydrogen (secondary N) is 2. The van der Waals surface area contributed by atoms with Crippen molar-refractivity contribution in [2.24, 2.45) is 7.05 Å². The Labute approximate surface area is 187 Å². The van der Waals surface area contributed by atoms with Crippen LogP contribution in [0.4, 0.5) is 17.1 Å². The molecule has 3 heterocycles. The number of rotatable bonds is 7. The van der Waals surface area contributed by atoms with E-state index in [2.05, 4.69) is 27.3 Å². The van der Waals surface area contributed by atoms with Crippen molar-refractivity contribution in [3.8, 4) is 5.88 Å². The normalized spacial score (nSPS) is 10.8. The summed E-state index contributed by atoms with van der Waals surface area (Å²) in [5, 5.41) is 10.3. The van der Waals surface area contributed by atoms with Gasteiger partial charge >= 0.3 is 5.69 Å². The fourth-order valence-corrected chi connectivity index (χ4v) is 3.49. The SMILES string of the molecule is C=CC(=O)Nc1cccc(Cn2cc(Nc3cn(C)nc3OC)c3ncc(Cl)n3c2=O)c1. The molecule has 1 aromatic carbocycles. The number of imidazole rings is 1. The number of aryl methyl sites for hydroxylation is 1. The molecule has 0 fully saturated rings. The van der Waals surface area contributed by atoms with E-state index in [9.17, 15) is 9.59 Å². The Morgan fingerprint density at radius 3 is 2.88 bits per heavy atom. The van der Waals surface area contributed by atoms with E-state index >= 15 is 0 Å². The average Bonchev–Trinajstić information content (AvgIpc) is 3.33. The number of hydrogen-bond acceptors (Lipinski definition) is 6. The molecule has 0 aliphatic carbocycles. The summed E-state index contributed by atoms with van der Waals surface area (Å²) >= 11 is 6.25. The van der Waals surface area contributed by atoms with Crippen LogP contribution in [0, 0.1) is 0 Å². The molecular weight excluding hydrogens is 434 g/mol. The molecule has 3 aromatic heterocycles. The van der Waals surface area contributed by atoms with Crippen LogP contribution >= 0.6 is 11.6 Å². The highest BCUT2D eigenvalue weighted by Gasteiger charge is 2.16. The quantitative estimate of drug-likeness (QED) is 0.417. The Morgan fingerprint density at radius 1 is 1.31 bits per heavy atom. The maximum absolute atomic E-state index is 13.1. The molecule has 0 saturated heterocycles. The molecule has 164 valence electrons. The third-order valence-electron chi connectivity index (χ3n) is 4.67. The summed E-state index contributed by atoms with van der Waals surface area (Å²) in [5.74, 6) is 0.0783. The summed E-state index contributed by atoms with van der Waals surface area (Å²) in [4.78, 5) is 29.0. The van der Waals surface area contributed by atoms with Crippen LogP contribution in [0.15, 0.2) is 60.3 Å². The van der Waals surface area contributed by atoms with E-state index in [1.54, 1.807) is 42.3 Å². The molecule has 0 spiro atoms. The van der Waals surface area contributed by atoms with E-state index in [0.29, 0.717) is 28.6 Å². The zero-order valence-electron chi connectivity index (χ0n) is 17.4. The molecule has 0 saturated carbocycles. The van der Waals surface area contributed by atoms with Gasteiger partial charge in [0, 0.05) is 18.9 Å². The molecule has 4 aromatic rings. The van der Waals surface area contributed by atoms with Gasteiger partial charge in [0.2, 0.25) is 5.91 Å². The first-order chi connectivity index (χ1) is 15.4. The lowest BCUT2D eigenvalue weighted by atomic mass is 10.2. The van der Waals surface area contributed by atoms with Gasteiger partial charge in [0.25, 0.3) is 5.88 Å². The van der Waals surface area contributed by atoms with Gasteiger partial charge in [-0.05, 0) is 23.8 Å². The fraction of sp³-hybridized carbons (Fsp3) is 0.143. The average molecular weight is 454 g/mol. The monoisotopic (exact) mass is 453 g/mol. The smallest absolute Gasteiger partial charge is 0.335 e. The maximum Gasteiger partial charge on any atom is 0.335 e. The summed E-state index contributed by atoms with van der Waals surface area (Å²) < 4.78 is 9.72. The highest BCUT2D eigenvalue weighted by atomic mass is 35.5. The van der Waals surface area contributed by atoms with Crippen LogP contribution in [0.3, 0.4) is 0 Å². The van der Waals surface area contributed by atoms with Crippen molar-refractivity contribution in [2.75, 3.05) is 17.7 Å². The van der Waals surface area contributed by atoms with Crippen LogP contribution in [0.2, 0.25) is 5.15 Å². The molecule has 0 atom stereocenters. The van der Waals surface area contributed by atoms with E-state index in [4.69, 9.17) is 16.3 Å². The van der Waals surface area contributed by atoms with Crippen LogP contribution in [-0.2, 0) is 18.4 Å². The largest absolute Gasteiger partial charge is 0.478 e. The number of methoxy groups -OCH3 is 1. The Hall–Kier alpha value is -4.05. The summed E-state index contributed by atoms with van der Waals surface area (Å²) in [6, 6.07) is 7.19. The van der Waals surface area contributed by atoms with Crippen LogP contribution in [0.5, 0.6) is 5.88 Å². The Morgan fingerprint density at radius 2 is 2.12 bits per heavy atom.